The molecule has 0 spiro atoms. The van der Waals surface area contributed by atoms with Crippen molar-refractivity contribution in [2.75, 3.05) is 13.2 Å². The highest BCUT2D eigenvalue weighted by molar-refractivity contribution is 5.99. The molecule has 0 aromatic carbocycles. The van der Waals surface area contributed by atoms with Gasteiger partial charge < -0.3 is 9.47 Å². The van der Waals surface area contributed by atoms with Crippen LogP contribution in [0, 0.1) is 0 Å². The third kappa shape index (κ3) is 5.11. The number of nitrogens with zero attached hydrogens (tertiary/aromatic N) is 2. The zero-order chi connectivity index (χ0) is 18.9. The quantitative estimate of drug-likeness (QED) is 0.719. The molecule has 7 heteroatoms. The first-order valence-corrected chi connectivity index (χ1v) is 10.1. The molecule has 0 unspecified atom stereocenters. The summed E-state index contributed by atoms with van der Waals surface area (Å²) < 4.78 is 10.3. The van der Waals surface area contributed by atoms with Gasteiger partial charge in [-0.2, -0.15) is 0 Å². The molecule has 2 aliphatic carbocycles. The van der Waals surface area contributed by atoms with Gasteiger partial charge >= 0.3 is 18.2 Å². The Hall–Kier alpha value is -1.79. The van der Waals surface area contributed by atoms with E-state index < -0.39 is 18.2 Å². The number of carbonyl (C=O) groups is 3. The van der Waals surface area contributed by atoms with E-state index in [1.165, 1.54) is 9.80 Å². The summed E-state index contributed by atoms with van der Waals surface area (Å²) >= 11 is 0. The molecule has 0 saturated heterocycles. The standard InChI is InChI=1S/C19H32N2O5/c1-3-25-18(23)20(15-11-7-5-8-12-15)17(22)21(19(24)26-4-2)16-13-9-6-10-14-16/h15-16H,3-14H2,1-2H3. The van der Waals surface area contributed by atoms with Crippen LogP contribution < -0.4 is 0 Å². The normalized spacial score (nSPS) is 18.8. The molecule has 2 aliphatic rings. The predicted octanol–water partition coefficient (Wildman–Crippen LogP) is 4.69. The van der Waals surface area contributed by atoms with Crippen LogP contribution in [-0.2, 0) is 9.47 Å². The minimum absolute atomic E-state index is 0.193. The first-order valence-electron chi connectivity index (χ1n) is 10.1. The average Bonchev–Trinajstić information content (AvgIpc) is 2.64. The van der Waals surface area contributed by atoms with E-state index in [0.717, 1.165) is 64.2 Å². The van der Waals surface area contributed by atoms with Gasteiger partial charge in [0.1, 0.15) is 0 Å². The molecule has 0 aromatic heterocycles. The minimum Gasteiger partial charge on any atom is -0.449 e. The van der Waals surface area contributed by atoms with Crippen molar-refractivity contribution in [3.8, 4) is 0 Å². The van der Waals surface area contributed by atoms with Crippen molar-refractivity contribution >= 4 is 18.2 Å². The molecule has 26 heavy (non-hydrogen) atoms. The van der Waals surface area contributed by atoms with Gasteiger partial charge in [0.15, 0.2) is 0 Å². The van der Waals surface area contributed by atoms with Gasteiger partial charge in [0.2, 0.25) is 0 Å². The van der Waals surface area contributed by atoms with Crippen molar-refractivity contribution < 1.29 is 23.9 Å². The minimum atomic E-state index is -0.658. The van der Waals surface area contributed by atoms with Gasteiger partial charge in [-0.3, -0.25) is 0 Å². The lowest BCUT2D eigenvalue weighted by Gasteiger charge is -2.38. The van der Waals surface area contributed by atoms with Crippen molar-refractivity contribution in [2.24, 2.45) is 0 Å². The molecular weight excluding hydrogens is 336 g/mol. The number of hydrogen-bond donors (Lipinski definition) is 0. The van der Waals surface area contributed by atoms with Gasteiger partial charge in [0, 0.05) is 12.1 Å². The number of rotatable bonds is 4. The Kier molecular flexibility index (Phi) is 8.19. The van der Waals surface area contributed by atoms with Crippen molar-refractivity contribution in [2.45, 2.75) is 90.1 Å². The van der Waals surface area contributed by atoms with E-state index in [0.29, 0.717) is 0 Å². The van der Waals surface area contributed by atoms with Crippen LogP contribution in [0.25, 0.3) is 0 Å². The lowest BCUT2D eigenvalue weighted by Crippen LogP contribution is -2.56. The monoisotopic (exact) mass is 368 g/mol. The predicted molar refractivity (Wildman–Crippen MR) is 96.9 cm³/mol. The summed E-state index contributed by atoms with van der Waals surface area (Å²) in [5.41, 5.74) is 0. The van der Waals surface area contributed by atoms with Crippen LogP contribution in [0.5, 0.6) is 0 Å². The van der Waals surface area contributed by atoms with Crippen LogP contribution in [0.1, 0.15) is 78.1 Å². The Labute approximate surface area is 156 Å². The molecule has 148 valence electrons. The van der Waals surface area contributed by atoms with Crippen LogP contribution in [0.4, 0.5) is 14.4 Å². The number of imide groups is 2. The van der Waals surface area contributed by atoms with Crippen LogP contribution in [0.15, 0.2) is 0 Å². The highest BCUT2D eigenvalue weighted by Gasteiger charge is 2.41. The van der Waals surface area contributed by atoms with Crippen LogP contribution in [0.3, 0.4) is 0 Å². The lowest BCUT2D eigenvalue weighted by molar-refractivity contribution is 0.0595. The average molecular weight is 368 g/mol. The van der Waals surface area contributed by atoms with Crippen molar-refractivity contribution in [1.82, 2.24) is 9.80 Å². The molecule has 2 fully saturated rings. The second kappa shape index (κ2) is 10.4. The van der Waals surface area contributed by atoms with Crippen molar-refractivity contribution in [3.63, 3.8) is 0 Å². The van der Waals surface area contributed by atoms with E-state index >= 15 is 0 Å². The Morgan fingerprint density at radius 2 is 1.04 bits per heavy atom. The Bertz CT molecular complexity index is 442. The summed E-state index contributed by atoms with van der Waals surface area (Å²) in [6, 6.07) is -1.01. The Morgan fingerprint density at radius 3 is 1.35 bits per heavy atom. The first kappa shape index (κ1) is 20.5. The number of amides is 4. The van der Waals surface area contributed by atoms with Crippen molar-refractivity contribution in [3.05, 3.63) is 0 Å². The van der Waals surface area contributed by atoms with E-state index in [1.807, 2.05) is 0 Å². The molecule has 0 bridgehead atoms. The number of urea groups is 1. The fraction of sp³-hybridized carbons (Fsp3) is 0.842. The Balaban J connectivity index is 2.26. The molecule has 0 aliphatic heterocycles. The van der Waals surface area contributed by atoms with E-state index in [-0.39, 0.29) is 25.3 Å². The second-order valence-electron chi connectivity index (χ2n) is 7.00. The highest BCUT2D eigenvalue weighted by atomic mass is 16.6. The summed E-state index contributed by atoms with van der Waals surface area (Å²) in [6.45, 7) is 3.81. The smallest absolute Gasteiger partial charge is 0.418 e. The van der Waals surface area contributed by atoms with Gasteiger partial charge in [-0.15, -0.1) is 0 Å². The number of ether oxygens (including phenoxy) is 2. The van der Waals surface area contributed by atoms with Crippen molar-refractivity contribution in [1.29, 1.82) is 0 Å². The summed E-state index contributed by atoms with van der Waals surface area (Å²) in [6.07, 6.45) is 7.79. The fourth-order valence-corrected chi connectivity index (χ4v) is 3.95. The van der Waals surface area contributed by atoms with Crippen LogP contribution in [-0.4, -0.2) is 53.3 Å². The molecule has 0 heterocycles. The van der Waals surface area contributed by atoms with Crippen LogP contribution >= 0.6 is 0 Å². The van der Waals surface area contributed by atoms with Gasteiger partial charge in [-0.05, 0) is 39.5 Å². The van der Waals surface area contributed by atoms with Crippen LogP contribution in [0.2, 0.25) is 0 Å². The molecule has 0 N–H and O–H groups in total. The van der Waals surface area contributed by atoms with E-state index in [2.05, 4.69) is 0 Å². The van der Waals surface area contributed by atoms with E-state index in [9.17, 15) is 14.4 Å². The summed E-state index contributed by atoms with van der Waals surface area (Å²) in [4.78, 5) is 40.8. The summed E-state index contributed by atoms with van der Waals surface area (Å²) in [5.74, 6) is 0. The molecular formula is C19H32N2O5. The molecule has 0 radical (unpaired) electrons. The van der Waals surface area contributed by atoms with Gasteiger partial charge in [-0.25, -0.2) is 24.2 Å². The van der Waals surface area contributed by atoms with E-state index in [1.54, 1.807) is 13.8 Å². The van der Waals surface area contributed by atoms with E-state index in [4.69, 9.17) is 9.47 Å². The third-order valence-corrected chi connectivity index (χ3v) is 5.22. The maximum absolute atomic E-state index is 13.3. The third-order valence-electron chi connectivity index (χ3n) is 5.22. The zero-order valence-corrected chi connectivity index (χ0v) is 16.1. The SMILES string of the molecule is CCOC(=O)N(C(=O)N(C(=O)OCC)C1CCCCC1)C1CCCCC1. The maximum Gasteiger partial charge on any atom is 0.418 e. The number of carbonyl (C=O) groups excluding carboxylic acids is 3. The maximum atomic E-state index is 13.3. The summed E-state index contributed by atoms with van der Waals surface area (Å²) in [7, 11) is 0. The molecule has 4 amide bonds. The van der Waals surface area contributed by atoms with Gasteiger partial charge in [0.05, 0.1) is 13.2 Å². The summed E-state index contributed by atoms with van der Waals surface area (Å²) in [5, 5.41) is 0. The molecule has 7 nitrogen and oxygen atoms in total. The highest BCUT2D eigenvalue weighted by Crippen LogP contribution is 2.28. The lowest BCUT2D eigenvalue weighted by atomic mass is 9.93. The Morgan fingerprint density at radius 1 is 0.692 bits per heavy atom. The molecule has 2 rings (SSSR count). The largest absolute Gasteiger partial charge is 0.449 e. The fourth-order valence-electron chi connectivity index (χ4n) is 3.95. The zero-order valence-electron chi connectivity index (χ0n) is 16.1. The second-order valence-corrected chi connectivity index (χ2v) is 7.00. The number of hydrogen-bond acceptors (Lipinski definition) is 5. The molecule has 0 atom stereocenters. The molecule has 0 aromatic rings. The first-order chi connectivity index (χ1) is 12.6. The molecule has 2 saturated carbocycles. The van der Waals surface area contributed by atoms with Gasteiger partial charge in [-0.1, -0.05) is 38.5 Å². The topological polar surface area (TPSA) is 76.2 Å². The van der Waals surface area contributed by atoms with Gasteiger partial charge in [0.25, 0.3) is 0 Å².